The van der Waals surface area contributed by atoms with E-state index in [1.54, 1.807) is 50.0 Å². The fraction of sp³-hybridized carbons (Fsp3) is 0.531. The summed E-state index contributed by atoms with van der Waals surface area (Å²) in [5.41, 5.74) is 5.54. The lowest BCUT2D eigenvalue weighted by atomic mass is 9.68. The summed E-state index contributed by atoms with van der Waals surface area (Å²) in [5, 5.41) is 2.76. The molecule has 3 rings (SSSR count). The van der Waals surface area contributed by atoms with E-state index in [-0.39, 0.29) is 50.7 Å². The highest BCUT2D eigenvalue weighted by molar-refractivity contribution is 5.92. The van der Waals surface area contributed by atoms with Crippen LogP contribution in [0.15, 0.2) is 60.5 Å². The van der Waals surface area contributed by atoms with Crippen LogP contribution in [0.2, 0.25) is 0 Å². The second-order valence-corrected chi connectivity index (χ2v) is 11.5. The van der Waals surface area contributed by atoms with Gasteiger partial charge in [0.1, 0.15) is 11.8 Å². The second-order valence-electron chi connectivity index (χ2n) is 11.5. The highest BCUT2D eigenvalue weighted by Gasteiger charge is 2.56. The third kappa shape index (κ3) is 8.07. The Kier molecular flexibility index (Phi) is 12.1. The number of benzene rings is 1. The summed E-state index contributed by atoms with van der Waals surface area (Å²) in [4.78, 5) is 43.6. The molecular weight excluding hydrogens is 539 g/mol. The van der Waals surface area contributed by atoms with Gasteiger partial charge in [0.2, 0.25) is 17.7 Å². The zero-order chi connectivity index (χ0) is 30.4. The summed E-state index contributed by atoms with van der Waals surface area (Å²) in [7, 11) is 3.32. The van der Waals surface area contributed by atoms with Gasteiger partial charge in [0, 0.05) is 32.6 Å². The maximum absolute atomic E-state index is 13.9. The fourth-order valence-electron chi connectivity index (χ4n) is 5.51. The van der Waals surface area contributed by atoms with Gasteiger partial charge in [-0.05, 0) is 63.0 Å². The van der Waals surface area contributed by atoms with Gasteiger partial charge >= 0.3 is 0 Å². The van der Waals surface area contributed by atoms with Gasteiger partial charge in [-0.3, -0.25) is 14.4 Å². The molecule has 2 aliphatic heterocycles. The minimum atomic E-state index is -1.21. The number of allylic oxidation sites excluding steroid dienone is 4. The van der Waals surface area contributed by atoms with Gasteiger partial charge in [0.15, 0.2) is 0 Å². The second kappa shape index (κ2) is 14.6. The summed E-state index contributed by atoms with van der Waals surface area (Å²) in [6, 6.07) is 6.35. The van der Waals surface area contributed by atoms with E-state index in [0.717, 1.165) is 11.1 Å². The van der Waals surface area contributed by atoms with Crippen LogP contribution in [0.4, 0.5) is 4.39 Å². The number of methoxy groups -OCH3 is 1. The van der Waals surface area contributed by atoms with Gasteiger partial charge in [-0.15, -0.1) is 0 Å². The van der Waals surface area contributed by atoms with Crippen LogP contribution < -0.4 is 15.8 Å². The monoisotopic (exact) mass is 586 g/mol. The van der Waals surface area contributed by atoms with Crippen molar-refractivity contribution in [2.45, 2.75) is 59.2 Å². The minimum absolute atomic E-state index is 0. The molecule has 0 aromatic heterocycles. The standard InChI is InChI=1S/C31H43FN4O5.CH4/c1-7-23(12-9-21(2)32)25-17-35(5)29(39)31(25)15-8-16-36(20-31)27(37)26(34-28(38)30(3,4)33)19-41-18-22-10-13-24(40-6)14-11-22;/h7,9-14,25-26H,1,8,15-20,33H2,2-6H3,(H,34,38);1H4/b21-9+,23-12+;. The summed E-state index contributed by atoms with van der Waals surface area (Å²) < 4.78 is 24.6. The largest absolute Gasteiger partial charge is 0.497 e. The molecule has 2 fully saturated rings. The molecule has 3 atom stereocenters. The van der Waals surface area contributed by atoms with Crippen molar-refractivity contribution in [1.82, 2.24) is 15.1 Å². The lowest BCUT2D eigenvalue weighted by Crippen LogP contribution is -2.60. The molecule has 2 heterocycles. The molecule has 3 N–H and O–H groups in total. The molecule has 0 saturated carbocycles. The average molecular weight is 587 g/mol. The summed E-state index contributed by atoms with van der Waals surface area (Å²) in [6.45, 7) is 9.56. The Morgan fingerprint density at radius 1 is 1.29 bits per heavy atom. The van der Waals surface area contributed by atoms with E-state index in [1.807, 2.05) is 24.3 Å². The van der Waals surface area contributed by atoms with E-state index in [4.69, 9.17) is 15.2 Å². The number of hydrogen-bond acceptors (Lipinski definition) is 6. The minimum Gasteiger partial charge on any atom is -0.497 e. The van der Waals surface area contributed by atoms with Crippen LogP contribution in [0.1, 0.15) is 46.6 Å². The molecule has 3 unspecified atom stereocenters. The molecule has 42 heavy (non-hydrogen) atoms. The molecule has 1 spiro atoms. The Bertz CT molecular complexity index is 1190. The molecule has 232 valence electrons. The van der Waals surface area contributed by atoms with Crippen molar-refractivity contribution in [3.63, 3.8) is 0 Å². The maximum Gasteiger partial charge on any atom is 0.247 e. The molecule has 0 bridgehead atoms. The van der Waals surface area contributed by atoms with Crippen LogP contribution in [0.25, 0.3) is 0 Å². The molecule has 1 aromatic carbocycles. The first-order chi connectivity index (χ1) is 19.3. The van der Waals surface area contributed by atoms with E-state index in [1.165, 1.54) is 13.0 Å². The number of carbonyl (C=O) groups is 3. The van der Waals surface area contributed by atoms with Crippen LogP contribution in [0.3, 0.4) is 0 Å². The SMILES string of the molecule is C.C=C/C(=C\C=C(/C)F)C1CN(C)C(=O)C12CCCN(C(=O)C(COCc1ccc(OC)cc1)NC(=O)C(C)(C)N)C2. The van der Waals surface area contributed by atoms with Crippen molar-refractivity contribution < 1.29 is 28.2 Å². The highest BCUT2D eigenvalue weighted by Crippen LogP contribution is 2.47. The van der Waals surface area contributed by atoms with Gasteiger partial charge in [0.25, 0.3) is 0 Å². The first-order valence-electron chi connectivity index (χ1n) is 13.8. The first kappa shape index (κ1) is 34.7. The number of nitrogens with zero attached hydrogens (tertiary/aromatic N) is 2. The molecule has 3 amide bonds. The normalized spacial score (nSPS) is 22.1. The molecule has 10 heteroatoms. The van der Waals surface area contributed by atoms with Crippen molar-refractivity contribution in [3.8, 4) is 5.75 Å². The van der Waals surface area contributed by atoms with Crippen molar-refractivity contribution >= 4 is 17.7 Å². The van der Waals surface area contributed by atoms with Gasteiger partial charge in [-0.2, -0.15) is 0 Å². The number of piperidine rings is 1. The molecule has 2 saturated heterocycles. The number of nitrogens with one attached hydrogen (secondary N) is 1. The first-order valence-corrected chi connectivity index (χ1v) is 13.8. The van der Waals surface area contributed by atoms with Crippen molar-refractivity contribution in [1.29, 1.82) is 0 Å². The lowest BCUT2D eigenvalue weighted by molar-refractivity contribution is -0.147. The van der Waals surface area contributed by atoms with Crippen molar-refractivity contribution in [2.75, 3.05) is 40.4 Å². The number of halogens is 1. The Morgan fingerprint density at radius 3 is 2.52 bits per heavy atom. The Labute approximate surface area is 249 Å². The molecular formula is C32H47FN4O5. The third-order valence-corrected chi connectivity index (χ3v) is 7.78. The van der Waals surface area contributed by atoms with E-state index < -0.39 is 22.9 Å². The van der Waals surface area contributed by atoms with Crippen LogP contribution in [-0.2, 0) is 25.7 Å². The van der Waals surface area contributed by atoms with Gasteiger partial charge in [-0.25, -0.2) is 4.39 Å². The molecule has 2 aliphatic rings. The van der Waals surface area contributed by atoms with Crippen LogP contribution in [0, 0.1) is 11.3 Å². The zero-order valence-electron chi connectivity index (χ0n) is 24.7. The Hall–Kier alpha value is -3.50. The number of rotatable bonds is 11. The summed E-state index contributed by atoms with van der Waals surface area (Å²) >= 11 is 0. The maximum atomic E-state index is 13.9. The Morgan fingerprint density at radius 2 is 1.95 bits per heavy atom. The lowest BCUT2D eigenvalue weighted by Gasteiger charge is -2.43. The smallest absolute Gasteiger partial charge is 0.247 e. The number of amides is 3. The molecule has 0 radical (unpaired) electrons. The van der Waals surface area contributed by atoms with Crippen LogP contribution in [-0.4, -0.2) is 79.5 Å². The topological polar surface area (TPSA) is 114 Å². The number of ether oxygens (including phenoxy) is 2. The van der Waals surface area contributed by atoms with E-state index >= 15 is 0 Å². The van der Waals surface area contributed by atoms with Gasteiger partial charge in [-0.1, -0.05) is 38.3 Å². The quantitative estimate of drug-likeness (QED) is 0.382. The van der Waals surface area contributed by atoms with Crippen LogP contribution >= 0.6 is 0 Å². The molecule has 9 nitrogen and oxygen atoms in total. The Balaban J connectivity index is 0.00000616. The molecule has 0 aliphatic carbocycles. The van der Waals surface area contributed by atoms with E-state index in [2.05, 4.69) is 11.9 Å². The fourth-order valence-corrected chi connectivity index (χ4v) is 5.51. The van der Waals surface area contributed by atoms with E-state index in [9.17, 15) is 18.8 Å². The summed E-state index contributed by atoms with van der Waals surface area (Å²) in [6.07, 6.45) is 5.84. The highest BCUT2D eigenvalue weighted by atomic mass is 19.1. The third-order valence-electron chi connectivity index (χ3n) is 7.78. The van der Waals surface area contributed by atoms with Gasteiger partial charge < -0.3 is 30.3 Å². The van der Waals surface area contributed by atoms with E-state index in [0.29, 0.717) is 31.7 Å². The predicted molar refractivity (Wildman–Crippen MR) is 162 cm³/mol. The number of carbonyl (C=O) groups excluding carboxylic acids is 3. The summed E-state index contributed by atoms with van der Waals surface area (Å²) in [5.74, 6) is -0.808. The van der Waals surface area contributed by atoms with Crippen molar-refractivity contribution in [2.24, 2.45) is 17.1 Å². The number of hydrogen-bond donors (Lipinski definition) is 2. The number of likely N-dealkylation sites (tertiary alicyclic amines) is 2. The molecule has 1 aromatic rings. The predicted octanol–water partition coefficient (Wildman–Crippen LogP) is 3.75. The average Bonchev–Trinajstić information content (AvgIpc) is 3.16. The van der Waals surface area contributed by atoms with Crippen LogP contribution in [0.5, 0.6) is 5.75 Å². The number of nitrogens with two attached hydrogens (primary N) is 1. The van der Waals surface area contributed by atoms with Crippen molar-refractivity contribution in [3.05, 3.63) is 66.0 Å². The zero-order valence-corrected chi connectivity index (χ0v) is 24.7. The van der Waals surface area contributed by atoms with Gasteiger partial charge in [0.05, 0.1) is 37.1 Å².